The van der Waals surface area contributed by atoms with Crippen LogP contribution in [0.1, 0.15) is 15.9 Å². The van der Waals surface area contributed by atoms with E-state index in [-0.39, 0.29) is 16.9 Å². The predicted octanol–water partition coefficient (Wildman–Crippen LogP) is 1.69. The molecule has 2 rings (SSSR count). The average molecular weight is 256 g/mol. The van der Waals surface area contributed by atoms with Gasteiger partial charge in [-0.15, -0.1) is 0 Å². The van der Waals surface area contributed by atoms with E-state index in [1.807, 2.05) is 30.3 Å². The Morgan fingerprint density at radius 2 is 1.95 bits per heavy atom. The Bertz CT molecular complexity index is 605. The van der Waals surface area contributed by atoms with E-state index in [2.05, 4.69) is 4.98 Å². The molecule has 0 aliphatic rings. The van der Waals surface area contributed by atoms with E-state index in [9.17, 15) is 9.59 Å². The molecule has 4 heteroatoms. The van der Waals surface area contributed by atoms with Crippen LogP contribution in [0, 0.1) is 0 Å². The number of carbonyl (C=O) groups is 1. The maximum atomic E-state index is 12.1. The number of pyridine rings is 1. The zero-order valence-electron chi connectivity index (χ0n) is 10.8. The zero-order chi connectivity index (χ0) is 13.7. The van der Waals surface area contributed by atoms with Crippen molar-refractivity contribution in [3.05, 3.63) is 70.1 Å². The van der Waals surface area contributed by atoms with Crippen LogP contribution in [-0.2, 0) is 6.42 Å². The molecule has 0 saturated carbocycles. The van der Waals surface area contributed by atoms with E-state index in [4.69, 9.17) is 0 Å². The SMILES string of the molecule is CN(CCc1ccccc1)C(=O)c1c[nH]ccc1=O. The van der Waals surface area contributed by atoms with E-state index >= 15 is 0 Å². The van der Waals surface area contributed by atoms with Gasteiger partial charge in [-0.2, -0.15) is 0 Å². The van der Waals surface area contributed by atoms with Crippen LogP contribution in [0.4, 0.5) is 0 Å². The highest BCUT2D eigenvalue weighted by atomic mass is 16.2. The summed E-state index contributed by atoms with van der Waals surface area (Å²) in [7, 11) is 1.71. The second-order valence-corrected chi connectivity index (χ2v) is 4.38. The molecule has 98 valence electrons. The largest absolute Gasteiger partial charge is 0.367 e. The van der Waals surface area contributed by atoms with E-state index < -0.39 is 0 Å². The summed E-state index contributed by atoms with van der Waals surface area (Å²) in [5.74, 6) is -0.252. The van der Waals surface area contributed by atoms with Crippen LogP contribution in [0.25, 0.3) is 0 Å². The summed E-state index contributed by atoms with van der Waals surface area (Å²) in [5.41, 5.74) is 1.09. The summed E-state index contributed by atoms with van der Waals surface area (Å²) in [6.07, 6.45) is 3.74. The third-order valence-electron chi connectivity index (χ3n) is 2.98. The number of nitrogens with one attached hydrogen (secondary N) is 1. The highest BCUT2D eigenvalue weighted by molar-refractivity contribution is 5.93. The van der Waals surface area contributed by atoms with E-state index in [1.165, 1.54) is 24.0 Å². The zero-order valence-corrected chi connectivity index (χ0v) is 10.8. The van der Waals surface area contributed by atoms with Gasteiger partial charge in [0.05, 0.1) is 0 Å². The second kappa shape index (κ2) is 6.00. The summed E-state index contributed by atoms with van der Waals surface area (Å²) in [6.45, 7) is 0.581. The third-order valence-corrected chi connectivity index (χ3v) is 2.98. The number of likely N-dealkylation sites (N-methyl/N-ethyl adjacent to an activating group) is 1. The molecular weight excluding hydrogens is 240 g/mol. The number of amides is 1. The van der Waals surface area contributed by atoms with E-state index in [0.717, 1.165) is 6.42 Å². The second-order valence-electron chi connectivity index (χ2n) is 4.38. The van der Waals surface area contributed by atoms with Gasteiger partial charge in [0.2, 0.25) is 0 Å². The van der Waals surface area contributed by atoms with Crippen molar-refractivity contribution in [1.29, 1.82) is 0 Å². The van der Waals surface area contributed by atoms with Crippen LogP contribution in [0.2, 0.25) is 0 Å². The third kappa shape index (κ3) is 3.31. The van der Waals surface area contributed by atoms with Gasteiger partial charge in [-0.05, 0) is 12.0 Å². The van der Waals surface area contributed by atoms with Crippen LogP contribution in [0.5, 0.6) is 0 Å². The van der Waals surface area contributed by atoms with Crippen molar-refractivity contribution in [3.8, 4) is 0 Å². The topological polar surface area (TPSA) is 53.2 Å². The minimum atomic E-state index is -0.254. The maximum absolute atomic E-state index is 12.1. The lowest BCUT2D eigenvalue weighted by Crippen LogP contribution is -2.32. The predicted molar refractivity (Wildman–Crippen MR) is 74.2 cm³/mol. The first-order valence-corrected chi connectivity index (χ1v) is 6.15. The van der Waals surface area contributed by atoms with Gasteiger partial charge in [0.1, 0.15) is 5.56 Å². The Hall–Kier alpha value is -2.36. The highest BCUT2D eigenvalue weighted by Crippen LogP contribution is 2.02. The van der Waals surface area contributed by atoms with Crippen molar-refractivity contribution in [2.45, 2.75) is 6.42 Å². The Morgan fingerprint density at radius 1 is 1.21 bits per heavy atom. The molecule has 1 amide bonds. The molecule has 0 fully saturated rings. The van der Waals surface area contributed by atoms with Crippen LogP contribution < -0.4 is 5.43 Å². The van der Waals surface area contributed by atoms with Crippen molar-refractivity contribution in [3.63, 3.8) is 0 Å². The van der Waals surface area contributed by atoms with Gasteiger partial charge in [0.15, 0.2) is 5.43 Å². The van der Waals surface area contributed by atoms with Crippen LogP contribution in [0.3, 0.4) is 0 Å². The van der Waals surface area contributed by atoms with E-state index in [1.54, 1.807) is 11.9 Å². The van der Waals surface area contributed by atoms with Gasteiger partial charge in [-0.25, -0.2) is 0 Å². The van der Waals surface area contributed by atoms with Gasteiger partial charge in [-0.3, -0.25) is 9.59 Å². The molecular formula is C15H16N2O2. The molecule has 0 aliphatic heterocycles. The van der Waals surface area contributed by atoms with E-state index in [0.29, 0.717) is 6.54 Å². The summed E-state index contributed by atoms with van der Waals surface area (Å²) in [4.78, 5) is 28.0. The first-order valence-electron chi connectivity index (χ1n) is 6.15. The molecule has 1 N–H and O–H groups in total. The number of rotatable bonds is 4. The minimum absolute atomic E-state index is 0.179. The quantitative estimate of drug-likeness (QED) is 0.905. The highest BCUT2D eigenvalue weighted by Gasteiger charge is 2.14. The Morgan fingerprint density at radius 3 is 2.63 bits per heavy atom. The molecule has 0 radical (unpaired) electrons. The fraction of sp³-hybridized carbons (Fsp3) is 0.200. The molecule has 1 heterocycles. The van der Waals surface area contributed by atoms with Crippen molar-refractivity contribution in [2.75, 3.05) is 13.6 Å². The lowest BCUT2D eigenvalue weighted by Gasteiger charge is -2.16. The lowest BCUT2D eigenvalue weighted by atomic mass is 10.1. The molecule has 0 saturated heterocycles. The number of aromatic nitrogens is 1. The molecule has 0 bridgehead atoms. The lowest BCUT2D eigenvalue weighted by molar-refractivity contribution is 0.0795. The van der Waals surface area contributed by atoms with Gasteiger partial charge >= 0.3 is 0 Å². The first-order chi connectivity index (χ1) is 9.18. The summed E-state index contributed by atoms with van der Waals surface area (Å²) in [5, 5.41) is 0. The standard InChI is InChI=1S/C15H16N2O2/c1-17(10-8-12-5-3-2-4-6-12)15(19)13-11-16-9-7-14(13)18/h2-7,9,11H,8,10H2,1H3,(H,16,18). The number of carbonyl (C=O) groups excluding carboxylic acids is 1. The fourth-order valence-electron chi connectivity index (χ4n) is 1.83. The van der Waals surface area contributed by atoms with Crippen LogP contribution >= 0.6 is 0 Å². The normalized spacial score (nSPS) is 10.2. The summed E-state index contributed by atoms with van der Waals surface area (Å²) < 4.78 is 0. The van der Waals surface area contributed by atoms with Crippen LogP contribution in [0.15, 0.2) is 53.6 Å². The molecule has 4 nitrogen and oxygen atoms in total. The average Bonchev–Trinajstić information content (AvgIpc) is 2.45. The number of H-pyrrole nitrogens is 1. The van der Waals surface area contributed by atoms with Crippen molar-refractivity contribution >= 4 is 5.91 Å². The van der Waals surface area contributed by atoms with Crippen molar-refractivity contribution in [1.82, 2.24) is 9.88 Å². The molecule has 1 aromatic carbocycles. The van der Waals surface area contributed by atoms with Gasteiger partial charge in [-0.1, -0.05) is 30.3 Å². The number of nitrogens with zero attached hydrogens (tertiary/aromatic N) is 1. The fourth-order valence-corrected chi connectivity index (χ4v) is 1.83. The van der Waals surface area contributed by atoms with Gasteiger partial charge in [0.25, 0.3) is 5.91 Å². The Balaban J connectivity index is 2.01. The monoisotopic (exact) mass is 256 g/mol. The molecule has 0 unspecified atom stereocenters. The minimum Gasteiger partial charge on any atom is -0.367 e. The van der Waals surface area contributed by atoms with Gasteiger partial charge < -0.3 is 9.88 Å². The molecule has 0 spiro atoms. The van der Waals surface area contributed by atoms with Crippen molar-refractivity contribution in [2.24, 2.45) is 0 Å². The van der Waals surface area contributed by atoms with Crippen LogP contribution in [-0.4, -0.2) is 29.4 Å². The molecule has 2 aromatic rings. The molecule has 19 heavy (non-hydrogen) atoms. The molecule has 1 aromatic heterocycles. The first kappa shape index (κ1) is 13.1. The van der Waals surface area contributed by atoms with Gasteiger partial charge in [0, 0.05) is 32.1 Å². The Kier molecular flexibility index (Phi) is 4.13. The number of hydrogen-bond donors (Lipinski definition) is 1. The summed E-state index contributed by atoms with van der Waals surface area (Å²) in [6, 6.07) is 11.3. The van der Waals surface area contributed by atoms with Crippen molar-refractivity contribution < 1.29 is 4.79 Å². The number of hydrogen-bond acceptors (Lipinski definition) is 2. The maximum Gasteiger partial charge on any atom is 0.259 e. The number of aromatic amines is 1. The molecule has 0 atom stereocenters. The molecule has 0 aliphatic carbocycles. The smallest absolute Gasteiger partial charge is 0.259 e. The number of benzene rings is 1. The summed E-state index contributed by atoms with van der Waals surface area (Å²) >= 11 is 0. The Labute approximate surface area is 111 Å².